The fourth-order valence-electron chi connectivity index (χ4n) is 2.91. The van der Waals surface area contributed by atoms with Crippen LogP contribution in [0.5, 0.6) is 11.6 Å². The van der Waals surface area contributed by atoms with Gasteiger partial charge in [-0.05, 0) is 30.4 Å². The Balaban J connectivity index is 1.43. The zero-order chi connectivity index (χ0) is 19.6. The Morgan fingerprint density at radius 1 is 1.00 bits per heavy atom. The maximum absolute atomic E-state index is 12.1. The first-order chi connectivity index (χ1) is 13.8. The van der Waals surface area contributed by atoms with Crippen molar-refractivity contribution >= 4 is 16.7 Å². The van der Waals surface area contributed by atoms with E-state index >= 15 is 0 Å². The maximum atomic E-state index is 12.1. The lowest BCUT2D eigenvalue weighted by Gasteiger charge is -2.11. The standard InChI is InChI=1S/C23H26N2O3/c1-2-15-28-23-19(10-6-14-24-23)17-25-22(26)13-7-16-27-21-12-5-9-18-8-3-4-11-20(18)21/h3-6,8-12,14H,2,7,13,15-17H2,1H3,(H,25,26). The molecule has 0 bridgehead atoms. The quantitative estimate of drug-likeness (QED) is 0.528. The molecule has 0 saturated heterocycles. The summed E-state index contributed by atoms with van der Waals surface area (Å²) in [6.07, 6.45) is 3.68. The van der Waals surface area contributed by atoms with Gasteiger partial charge in [0.25, 0.3) is 0 Å². The number of nitrogens with one attached hydrogen (secondary N) is 1. The van der Waals surface area contributed by atoms with Gasteiger partial charge in [0.15, 0.2) is 0 Å². The van der Waals surface area contributed by atoms with Gasteiger partial charge in [-0.1, -0.05) is 49.4 Å². The Morgan fingerprint density at radius 2 is 1.86 bits per heavy atom. The normalized spacial score (nSPS) is 10.6. The largest absolute Gasteiger partial charge is 0.493 e. The van der Waals surface area contributed by atoms with Crippen LogP contribution in [-0.2, 0) is 11.3 Å². The van der Waals surface area contributed by atoms with Gasteiger partial charge in [0, 0.05) is 30.1 Å². The maximum Gasteiger partial charge on any atom is 0.220 e. The van der Waals surface area contributed by atoms with E-state index in [2.05, 4.69) is 22.4 Å². The smallest absolute Gasteiger partial charge is 0.220 e. The molecule has 0 aliphatic heterocycles. The molecule has 2 aromatic carbocycles. The summed E-state index contributed by atoms with van der Waals surface area (Å²) in [5.41, 5.74) is 0.885. The third-order valence-corrected chi connectivity index (χ3v) is 4.32. The van der Waals surface area contributed by atoms with Crippen LogP contribution in [0.25, 0.3) is 10.8 Å². The van der Waals surface area contributed by atoms with Gasteiger partial charge >= 0.3 is 0 Å². The molecule has 1 N–H and O–H groups in total. The second kappa shape index (κ2) is 10.3. The monoisotopic (exact) mass is 378 g/mol. The van der Waals surface area contributed by atoms with Crippen molar-refractivity contribution in [1.82, 2.24) is 10.3 Å². The summed E-state index contributed by atoms with van der Waals surface area (Å²) in [4.78, 5) is 16.4. The predicted octanol–water partition coefficient (Wildman–Crippen LogP) is 4.50. The van der Waals surface area contributed by atoms with Crippen LogP contribution in [0.4, 0.5) is 0 Å². The predicted molar refractivity (Wildman–Crippen MR) is 111 cm³/mol. The minimum Gasteiger partial charge on any atom is -0.493 e. The fraction of sp³-hybridized carbons (Fsp3) is 0.304. The molecule has 1 heterocycles. The molecule has 0 saturated carbocycles. The van der Waals surface area contributed by atoms with Gasteiger partial charge in [-0.3, -0.25) is 4.79 Å². The number of rotatable bonds is 10. The Morgan fingerprint density at radius 3 is 2.75 bits per heavy atom. The first-order valence-corrected chi connectivity index (χ1v) is 9.72. The zero-order valence-corrected chi connectivity index (χ0v) is 16.2. The summed E-state index contributed by atoms with van der Waals surface area (Å²) in [7, 11) is 0. The Labute approximate surface area is 165 Å². The highest BCUT2D eigenvalue weighted by molar-refractivity contribution is 5.88. The summed E-state index contributed by atoms with van der Waals surface area (Å²) in [6, 6.07) is 17.9. The van der Waals surface area contributed by atoms with Gasteiger partial charge in [0.2, 0.25) is 11.8 Å². The van der Waals surface area contributed by atoms with Gasteiger partial charge in [-0.2, -0.15) is 0 Å². The van der Waals surface area contributed by atoms with Crippen molar-refractivity contribution in [2.75, 3.05) is 13.2 Å². The summed E-state index contributed by atoms with van der Waals surface area (Å²) < 4.78 is 11.5. The molecule has 5 nitrogen and oxygen atoms in total. The fourth-order valence-corrected chi connectivity index (χ4v) is 2.91. The summed E-state index contributed by atoms with van der Waals surface area (Å²) in [5, 5.41) is 5.17. The molecule has 0 atom stereocenters. The van der Waals surface area contributed by atoms with E-state index in [1.54, 1.807) is 6.20 Å². The molecule has 0 radical (unpaired) electrons. The number of amides is 1. The van der Waals surface area contributed by atoms with E-state index in [-0.39, 0.29) is 5.91 Å². The molecule has 1 amide bonds. The lowest BCUT2D eigenvalue weighted by atomic mass is 10.1. The second-order valence-electron chi connectivity index (χ2n) is 6.52. The van der Waals surface area contributed by atoms with Crippen LogP contribution < -0.4 is 14.8 Å². The highest BCUT2D eigenvalue weighted by atomic mass is 16.5. The number of nitrogens with zero attached hydrogens (tertiary/aromatic N) is 1. The van der Waals surface area contributed by atoms with Gasteiger partial charge < -0.3 is 14.8 Å². The van der Waals surface area contributed by atoms with E-state index in [1.807, 2.05) is 49.4 Å². The summed E-state index contributed by atoms with van der Waals surface area (Å²) in [6.45, 7) is 3.57. The average molecular weight is 378 g/mol. The minimum atomic E-state index is -0.00758. The lowest BCUT2D eigenvalue weighted by Crippen LogP contribution is -2.23. The van der Waals surface area contributed by atoms with Crippen molar-refractivity contribution in [2.24, 2.45) is 0 Å². The second-order valence-corrected chi connectivity index (χ2v) is 6.52. The average Bonchev–Trinajstić information content (AvgIpc) is 2.74. The van der Waals surface area contributed by atoms with Crippen molar-refractivity contribution in [3.63, 3.8) is 0 Å². The molecule has 28 heavy (non-hydrogen) atoms. The molecule has 0 fully saturated rings. The molecule has 3 rings (SSSR count). The van der Waals surface area contributed by atoms with Crippen molar-refractivity contribution in [3.05, 3.63) is 66.4 Å². The third-order valence-electron chi connectivity index (χ3n) is 4.32. The molecule has 5 heteroatoms. The number of pyridine rings is 1. The number of carbonyl (C=O) groups excluding carboxylic acids is 1. The van der Waals surface area contributed by atoms with Crippen LogP contribution in [0, 0.1) is 0 Å². The van der Waals surface area contributed by atoms with Crippen LogP contribution in [0.2, 0.25) is 0 Å². The number of hydrogen-bond acceptors (Lipinski definition) is 4. The molecule has 0 unspecified atom stereocenters. The number of benzene rings is 2. The number of aromatic nitrogens is 1. The van der Waals surface area contributed by atoms with Gasteiger partial charge in [-0.25, -0.2) is 4.98 Å². The number of hydrogen-bond donors (Lipinski definition) is 1. The molecular weight excluding hydrogens is 352 g/mol. The van der Waals surface area contributed by atoms with Crippen LogP contribution in [0.15, 0.2) is 60.8 Å². The molecule has 3 aromatic rings. The van der Waals surface area contributed by atoms with Crippen LogP contribution in [-0.4, -0.2) is 24.1 Å². The van der Waals surface area contributed by atoms with E-state index in [0.29, 0.717) is 38.5 Å². The van der Waals surface area contributed by atoms with E-state index in [4.69, 9.17) is 9.47 Å². The first kappa shape index (κ1) is 19.7. The van der Waals surface area contributed by atoms with Crippen LogP contribution in [0.3, 0.4) is 0 Å². The number of fused-ring (bicyclic) bond motifs is 1. The SMILES string of the molecule is CCCOc1ncccc1CNC(=O)CCCOc1cccc2ccccc12. The van der Waals surface area contributed by atoms with E-state index < -0.39 is 0 Å². The van der Waals surface area contributed by atoms with Gasteiger partial charge in [0.05, 0.1) is 13.2 Å². The highest BCUT2D eigenvalue weighted by Gasteiger charge is 2.07. The number of carbonyl (C=O) groups is 1. The zero-order valence-electron chi connectivity index (χ0n) is 16.2. The topological polar surface area (TPSA) is 60.5 Å². The molecule has 1 aromatic heterocycles. The van der Waals surface area contributed by atoms with Gasteiger partial charge in [0.1, 0.15) is 5.75 Å². The van der Waals surface area contributed by atoms with E-state index in [1.165, 1.54) is 0 Å². The number of ether oxygens (including phenoxy) is 2. The minimum absolute atomic E-state index is 0.00758. The summed E-state index contributed by atoms with van der Waals surface area (Å²) >= 11 is 0. The molecule has 146 valence electrons. The Bertz CT molecular complexity index is 906. The van der Waals surface area contributed by atoms with Crippen molar-refractivity contribution in [2.45, 2.75) is 32.7 Å². The molecule has 0 aliphatic rings. The summed E-state index contributed by atoms with van der Waals surface area (Å²) in [5.74, 6) is 1.43. The van der Waals surface area contributed by atoms with Crippen molar-refractivity contribution in [1.29, 1.82) is 0 Å². The molecule has 0 aliphatic carbocycles. The van der Waals surface area contributed by atoms with Crippen molar-refractivity contribution < 1.29 is 14.3 Å². The lowest BCUT2D eigenvalue weighted by molar-refractivity contribution is -0.121. The van der Waals surface area contributed by atoms with E-state index in [9.17, 15) is 4.79 Å². The Kier molecular flexibility index (Phi) is 7.24. The van der Waals surface area contributed by atoms with E-state index in [0.717, 1.165) is 28.5 Å². The van der Waals surface area contributed by atoms with Gasteiger partial charge in [-0.15, -0.1) is 0 Å². The van der Waals surface area contributed by atoms with Crippen LogP contribution in [0.1, 0.15) is 31.7 Å². The third kappa shape index (κ3) is 5.46. The molecular formula is C23H26N2O3. The highest BCUT2D eigenvalue weighted by Crippen LogP contribution is 2.25. The van der Waals surface area contributed by atoms with Crippen LogP contribution >= 0.6 is 0 Å². The Hall–Kier alpha value is -3.08. The first-order valence-electron chi connectivity index (χ1n) is 9.72. The van der Waals surface area contributed by atoms with Crippen molar-refractivity contribution in [3.8, 4) is 11.6 Å². The molecule has 0 spiro atoms.